The van der Waals surface area contributed by atoms with Crippen LogP contribution in [0.3, 0.4) is 0 Å². The average molecular weight is 280 g/mol. The molecule has 0 saturated carbocycles. The molecule has 5 nitrogen and oxygen atoms in total. The van der Waals surface area contributed by atoms with Crippen LogP contribution >= 0.6 is 0 Å². The first-order chi connectivity index (χ1) is 9.62. The first-order valence-electron chi connectivity index (χ1n) is 7.23. The molecule has 0 aromatic heterocycles. The predicted octanol–water partition coefficient (Wildman–Crippen LogP) is 3.52. The summed E-state index contributed by atoms with van der Waals surface area (Å²) in [6.45, 7) is 8.31. The molecule has 0 bridgehead atoms. The molecule has 0 aliphatic heterocycles. The van der Waals surface area contributed by atoms with E-state index in [0.717, 1.165) is 24.9 Å². The summed E-state index contributed by atoms with van der Waals surface area (Å²) >= 11 is 0. The molecule has 0 amide bonds. The maximum absolute atomic E-state index is 11.0. The largest absolute Gasteiger partial charge is 0.487 e. The number of nitro benzene ring substituents is 1. The third-order valence-corrected chi connectivity index (χ3v) is 3.43. The van der Waals surface area contributed by atoms with E-state index >= 15 is 0 Å². The summed E-state index contributed by atoms with van der Waals surface area (Å²) in [4.78, 5) is 10.7. The van der Waals surface area contributed by atoms with Gasteiger partial charge in [-0.1, -0.05) is 39.7 Å². The molecule has 20 heavy (non-hydrogen) atoms. The number of ether oxygens (including phenoxy) is 1. The molecule has 0 spiro atoms. The summed E-state index contributed by atoms with van der Waals surface area (Å²) in [6, 6.07) is 5.06. The minimum absolute atomic E-state index is 0.0382. The summed E-state index contributed by atoms with van der Waals surface area (Å²) in [5.74, 6) is 0.810. The summed E-state index contributed by atoms with van der Waals surface area (Å²) in [7, 11) is 0. The quantitative estimate of drug-likeness (QED) is 0.555. The highest BCUT2D eigenvalue weighted by molar-refractivity contribution is 5.48. The molecule has 0 aliphatic rings. The molecular weight excluding hydrogens is 256 g/mol. The van der Waals surface area contributed by atoms with E-state index in [9.17, 15) is 10.1 Å². The zero-order valence-electron chi connectivity index (χ0n) is 12.5. The summed E-state index contributed by atoms with van der Waals surface area (Å²) in [5.41, 5.74) is 1.04. The number of benzene rings is 1. The Kier molecular flexibility index (Phi) is 7.01. The molecule has 112 valence electrons. The molecule has 1 aromatic rings. The Labute approximate surface area is 120 Å². The second-order valence-electron chi connectivity index (χ2n) is 4.83. The fraction of sp³-hybridized carbons (Fsp3) is 0.600. The van der Waals surface area contributed by atoms with Crippen LogP contribution < -0.4 is 10.1 Å². The number of hydrogen-bond donors (Lipinski definition) is 1. The van der Waals surface area contributed by atoms with Gasteiger partial charge in [-0.15, -0.1) is 0 Å². The minimum atomic E-state index is -0.390. The van der Waals surface area contributed by atoms with Crippen LogP contribution in [0.15, 0.2) is 18.2 Å². The third kappa shape index (κ3) is 4.81. The van der Waals surface area contributed by atoms with E-state index in [2.05, 4.69) is 19.2 Å². The number of rotatable bonds is 9. The van der Waals surface area contributed by atoms with Gasteiger partial charge in [-0.05, 0) is 24.1 Å². The van der Waals surface area contributed by atoms with Crippen LogP contribution in [0.5, 0.6) is 5.75 Å². The van der Waals surface area contributed by atoms with Gasteiger partial charge in [0.15, 0.2) is 5.75 Å². The molecule has 1 N–H and O–H groups in total. The van der Waals surface area contributed by atoms with Gasteiger partial charge in [0.1, 0.15) is 0 Å². The van der Waals surface area contributed by atoms with Crippen LogP contribution in [0, 0.1) is 16.0 Å². The van der Waals surface area contributed by atoms with Crippen molar-refractivity contribution in [3.05, 3.63) is 33.9 Å². The van der Waals surface area contributed by atoms with E-state index in [4.69, 9.17) is 4.74 Å². The normalized spacial score (nSPS) is 10.8. The van der Waals surface area contributed by atoms with Gasteiger partial charge in [-0.25, -0.2) is 0 Å². The molecule has 5 heteroatoms. The summed E-state index contributed by atoms with van der Waals surface area (Å²) in [5, 5.41) is 14.2. The molecular formula is C15H24N2O3. The van der Waals surface area contributed by atoms with Crippen molar-refractivity contribution < 1.29 is 9.66 Å². The average Bonchev–Trinajstić information content (AvgIpc) is 2.46. The molecule has 0 unspecified atom stereocenters. The van der Waals surface area contributed by atoms with Crippen LogP contribution in [0.25, 0.3) is 0 Å². The zero-order valence-corrected chi connectivity index (χ0v) is 12.5. The lowest BCUT2D eigenvalue weighted by Gasteiger charge is -2.14. The van der Waals surface area contributed by atoms with Crippen molar-refractivity contribution in [3.63, 3.8) is 0 Å². The Hall–Kier alpha value is -1.62. The Bertz CT molecular complexity index is 431. The van der Waals surface area contributed by atoms with Crippen molar-refractivity contribution in [1.29, 1.82) is 0 Å². The highest BCUT2D eigenvalue weighted by Crippen LogP contribution is 2.28. The van der Waals surface area contributed by atoms with Gasteiger partial charge in [-0.2, -0.15) is 0 Å². The Morgan fingerprint density at radius 2 is 2.00 bits per heavy atom. The Morgan fingerprint density at radius 1 is 1.30 bits per heavy atom. The van der Waals surface area contributed by atoms with Crippen LogP contribution in [-0.2, 0) is 6.54 Å². The van der Waals surface area contributed by atoms with E-state index in [-0.39, 0.29) is 10.6 Å². The van der Waals surface area contributed by atoms with Crippen LogP contribution in [-0.4, -0.2) is 18.1 Å². The minimum Gasteiger partial charge on any atom is -0.487 e. The maximum atomic E-state index is 11.0. The van der Waals surface area contributed by atoms with Gasteiger partial charge < -0.3 is 10.1 Å². The Balaban J connectivity index is 2.85. The standard InChI is InChI=1S/C15H24N2O3/c1-4-12(5-2)11-20-15-9-13(10-16-6-3)7-8-14(15)17(18)19/h7-9,12,16H,4-6,10-11H2,1-3H3. The van der Waals surface area contributed by atoms with E-state index in [0.29, 0.717) is 24.8 Å². The van der Waals surface area contributed by atoms with Crippen molar-refractivity contribution in [2.45, 2.75) is 40.2 Å². The number of hydrogen-bond acceptors (Lipinski definition) is 4. The van der Waals surface area contributed by atoms with E-state index in [1.165, 1.54) is 6.07 Å². The fourth-order valence-electron chi connectivity index (χ4n) is 1.94. The van der Waals surface area contributed by atoms with Gasteiger partial charge >= 0.3 is 5.69 Å². The molecule has 0 radical (unpaired) electrons. The first-order valence-corrected chi connectivity index (χ1v) is 7.23. The molecule has 1 rings (SSSR count). The van der Waals surface area contributed by atoms with E-state index in [1.54, 1.807) is 12.1 Å². The second kappa shape index (κ2) is 8.53. The number of nitrogens with one attached hydrogen (secondary N) is 1. The lowest BCUT2D eigenvalue weighted by Crippen LogP contribution is -2.13. The SMILES string of the molecule is CCNCc1ccc([N+](=O)[O-])c(OCC(CC)CC)c1. The predicted molar refractivity (Wildman–Crippen MR) is 80.0 cm³/mol. The molecule has 0 heterocycles. The van der Waals surface area contributed by atoms with Crippen LogP contribution in [0.4, 0.5) is 5.69 Å². The highest BCUT2D eigenvalue weighted by atomic mass is 16.6. The lowest BCUT2D eigenvalue weighted by molar-refractivity contribution is -0.385. The van der Waals surface area contributed by atoms with Gasteiger partial charge in [0.2, 0.25) is 0 Å². The Morgan fingerprint density at radius 3 is 2.55 bits per heavy atom. The van der Waals surface area contributed by atoms with Crippen LogP contribution in [0.2, 0.25) is 0 Å². The smallest absolute Gasteiger partial charge is 0.310 e. The van der Waals surface area contributed by atoms with Crippen molar-refractivity contribution in [2.24, 2.45) is 5.92 Å². The third-order valence-electron chi connectivity index (χ3n) is 3.43. The molecule has 0 atom stereocenters. The monoisotopic (exact) mass is 280 g/mol. The summed E-state index contributed by atoms with van der Waals surface area (Å²) < 4.78 is 5.69. The lowest BCUT2D eigenvalue weighted by atomic mass is 10.1. The highest BCUT2D eigenvalue weighted by Gasteiger charge is 2.16. The first kappa shape index (κ1) is 16.4. The molecule has 0 fully saturated rings. The van der Waals surface area contributed by atoms with E-state index < -0.39 is 0 Å². The zero-order chi connectivity index (χ0) is 15.0. The van der Waals surface area contributed by atoms with Crippen molar-refractivity contribution in [1.82, 2.24) is 5.32 Å². The maximum Gasteiger partial charge on any atom is 0.310 e. The van der Waals surface area contributed by atoms with Crippen molar-refractivity contribution >= 4 is 5.69 Å². The molecule has 0 saturated heterocycles. The van der Waals surface area contributed by atoms with E-state index in [1.807, 2.05) is 6.92 Å². The van der Waals surface area contributed by atoms with Crippen molar-refractivity contribution in [2.75, 3.05) is 13.2 Å². The summed E-state index contributed by atoms with van der Waals surface area (Å²) in [6.07, 6.45) is 2.03. The van der Waals surface area contributed by atoms with Gasteiger partial charge in [0, 0.05) is 12.6 Å². The van der Waals surface area contributed by atoms with Crippen molar-refractivity contribution in [3.8, 4) is 5.75 Å². The van der Waals surface area contributed by atoms with Gasteiger partial charge in [-0.3, -0.25) is 10.1 Å². The number of nitrogens with zero attached hydrogens (tertiary/aromatic N) is 1. The fourth-order valence-corrected chi connectivity index (χ4v) is 1.94. The molecule has 1 aromatic carbocycles. The van der Waals surface area contributed by atoms with Gasteiger partial charge in [0.25, 0.3) is 0 Å². The topological polar surface area (TPSA) is 64.4 Å². The molecule has 0 aliphatic carbocycles. The van der Waals surface area contributed by atoms with Crippen LogP contribution in [0.1, 0.15) is 39.2 Å². The number of nitro groups is 1. The van der Waals surface area contributed by atoms with Gasteiger partial charge in [0.05, 0.1) is 11.5 Å². The second-order valence-corrected chi connectivity index (χ2v) is 4.83.